The number of halogens is 1. The third-order valence-corrected chi connectivity index (χ3v) is 5.12. The number of nitrogens with zero attached hydrogens (tertiary/aromatic N) is 4. The molecular weight excluding hydrogens is 507 g/mol. The number of rotatable bonds is 10. The van der Waals surface area contributed by atoms with Crippen molar-refractivity contribution in [2.45, 2.75) is 59.0 Å². The molecule has 0 saturated heterocycles. The van der Waals surface area contributed by atoms with Crippen LogP contribution in [-0.4, -0.2) is 47.5 Å². The second-order valence-electron chi connectivity index (χ2n) is 7.28. The molecule has 0 bridgehead atoms. The fraction of sp³-hybridized carbons (Fsp3) is 0.591. The molecule has 172 valence electrons. The Morgan fingerprint density at radius 3 is 2.81 bits per heavy atom. The summed E-state index contributed by atoms with van der Waals surface area (Å²) in [7, 11) is 1.67. The minimum Gasteiger partial charge on any atom is -0.493 e. The van der Waals surface area contributed by atoms with Gasteiger partial charge in [-0.3, -0.25) is 0 Å². The number of guanidine groups is 1. The normalized spacial score (nSPS) is 13.2. The number of benzene rings is 1. The highest BCUT2D eigenvalue weighted by Crippen LogP contribution is 2.28. The molecular formula is C22H35IN6O2. The van der Waals surface area contributed by atoms with Crippen LogP contribution in [0.5, 0.6) is 11.5 Å². The van der Waals surface area contributed by atoms with E-state index >= 15 is 0 Å². The van der Waals surface area contributed by atoms with E-state index in [4.69, 9.17) is 14.5 Å². The minimum atomic E-state index is 0. The highest BCUT2D eigenvalue weighted by Gasteiger charge is 2.15. The Morgan fingerprint density at radius 1 is 1.16 bits per heavy atom. The largest absolute Gasteiger partial charge is 0.493 e. The topological polar surface area (TPSA) is 85.6 Å². The molecule has 2 N–H and O–H groups in total. The summed E-state index contributed by atoms with van der Waals surface area (Å²) in [5.41, 5.74) is 1.23. The van der Waals surface area contributed by atoms with Crippen LogP contribution in [0.1, 0.15) is 50.3 Å². The van der Waals surface area contributed by atoms with Gasteiger partial charge in [-0.2, -0.15) is 0 Å². The molecule has 0 spiro atoms. The highest BCUT2D eigenvalue weighted by atomic mass is 127. The number of aryl methyl sites for hydroxylation is 2. The van der Waals surface area contributed by atoms with Crippen molar-refractivity contribution in [1.29, 1.82) is 0 Å². The molecule has 2 aromatic rings. The van der Waals surface area contributed by atoms with Gasteiger partial charge in [0.15, 0.2) is 23.3 Å². The molecule has 3 rings (SSSR count). The van der Waals surface area contributed by atoms with Gasteiger partial charge in [0.25, 0.3) is 0 Å². The molecule has 1 aromatic heterocycles. The van der Waals surface area contributed by atoms with Crippen molar-refractivity contribution in [1.82, 2.24) is 25.4 Å². The Kier molecular flexibility index (Phi) is 10.9. The van der Waals surface area contributed by atoms with Gasteiger partial charge >= 0.3 is 0 Å². The number of hydrogen-bond acceptors (Lipinski definition) is 5. The van der Waals surface area contributed by atoms with Gasteiger partial charge < -0.3 is 24.7 Å². The molecule has 0 unspecified atom stereocenters. The quantitative estimate of drug-likeness (QED) is 0.208. The lowest BCUT2D eigenvalue weighted by Crippen LogP contribution is -2.38. The van der Waals surface area contributed by atoms with Gasteiger partial charge in [-0.25, -0.2) is 4.99 Å². The standard InChI is InChI=1S/C22H34N6O2.HI/c1-4-23-22(25-16-21-27-26-20-10-6-7-14-28(20)21)24-13-8-9-17-11-12-18(29-3)19(15-17)30-5-2;/h11-12,15H,4-10,13-14,16H2,1-3H3,(H2,23,24,25);1H. The van der Waals surface area contributed by atoms with E-state index in [1.54, 1.807) is 7.11 Å². The molecule has 31 heavy (non-hydrogen) atoms. The Morgan fingerprint density at radius 2 is 2.03 bits per heavy atom. The Hall–Kier alpha value is -2.04. The van der Waals surface area contributed by atoms with Crippen molar-refractivity contribution in [2.75, 3.05) is 26.8 Å². The number of aromatic nitrogens is 3. The molecule has 2 heterocycles. The average Bonchev–Trinajstić information content (AvgIpc) is 3.18. The van der Waals surface area contributed by atoms with E-state index in [0.29, 0.717) is 13.2 Å². The second-order valence-corrected chi connectivity index (χ2v) is 7.28. The summed E-state index contributed by atoms with van der Waals surface area (Å²) in [5.74, 6) is 4.43. The van der Waals surface area contributed by atoms with Crippen LogP contribution in [-0.2, 0) is 25.9 Å². The number of fused-ring (bicyclic) bond motifs is 1. The fourth-order valence-corrected chi connectivity index (χ4v) is 3.62. The second kappa shape index (κ2) is 13.4. The van der Waals surface area contributed by atoms with E-state index in [2.05, 4.69) is 44.5 Å². The highest BCUT2D eigenvalue weighted by molar-refractivity contribution is 14.0. The lowest BCUT2D eigenvalue weighted by atomic mass is 10.1. The van der Waals surface area contributed by atoms with Crippen molar-refractivity contribution >= 4 is 29.9 Å². The summed E-state index contributed by atoms with van der Waals surface area (Å²) in [4.78, 5) is 4.70. The summed E-state index contributed by atoms with van der Waals surface area (Å²) in [5, 5.41) is 15.4. The summed E-state index contributed by atoms with van der Waals surface area (Å²) >= 11 is 0. The van der Waals surface area contributed by atoms with Crippen molar-refractivity contribution in [3.63, 3.8) is 0 Å². The molecule has 1 aliphatic rings. The van der Waals surface area contributed by atoms with Crippen LogP contribution < -0.4 is 20.1 Å². The zero-order chi connectivity index (χ0) is 21.2. The zero-order valence-electron chi connectivity index (χ0n) is 18.8. The molecule has 0 aliphatic carbocycles. The molecule has 8 nitrogen and oxygen atoms in total. The third-order valence-electron chi connectivity index (χ3n) is 5.12. The molecule has 0 radical (unpaired) electrons. The van der Waals surface area contributed by atoms with Gasteiger partial charge in [-0.1, -0.05) is 6.07 Å². The Labute approximate surface area is 202 Å². The molecule has 0 amide bonds. The molecule has 9 heteroatoms. The molecule has 0 fully saturated rings. The van der Waals surface area contributed by atoms with Gasteiger partial charge in [0.1, 0.15) is 12.4 Å². The Balaban J connectivity index is 0.00000341. The summed E-state index contributed by atoms with van der Waals surface area (Å²) in [6, 6.07) is 6.13. The number of nitrogens with one attached hydrogen (secondary N) is 2. The van der Waals surface area contributed by atoms with Crippen molar-refractivity contribution in [3.8, 4) is 11.5 Å². The van der Waals surface area contributed by atoms with E-state index in [9.17, 15) is 0 Å². The first kappa shape index (κ1) is 25.2. The third kappa shape index (κ3) is 7.26. The van der Waals surface area contributed by atoms with Gasteiger partial charge in [0.2, 0.25) is 0 Å². The first-order chi connectivity index (χ1) is 14.7. The van der Waals surface area contributed by atoms with Crippen LogP contribution in [0, 0.1) is 0 Å². The SMILES string of the molecule is CCNC(=NCc1nnc2n1CCCC2)NCCCc1ccc(OC)c(OCC)c1.I. The first-order valence-corrected chi connectivity index (χ1v) is 11.0. The lowest BCUT2D eigenvalue weighted by Gasteiger charge is -2.15. The molecule has 0 atom stereocenters. The smallest absolute Gasteiger partial charge is 0.191 e. The number of aliphatic imine (C=N–C) groups is 1. The predicted molar refractivity (Wildman–Crippen MR) is 134 cm³/mol. The Bertz CT molecular complexity index is 839. The van der Waals surface area contributed by atoms with Crippen LogP contribution in [0.15, 0.2) is 23.2 Å². The fourth-order valence-electron chi connectivity index (χ4n) is 3.62. The van der Waals surface area contributed by atoms with Crippen LogP contribution >= 0.6 is 24.0 Å². The summed E-state index contributed by atoms with van der Waals surface area (Å²) in [6.07, 6.45) is 5.35. The van der Waals surface area contributed by atoms with Crippen molar-refractivity contribution < 1.29 is 9.47 Å². The predicted octanol–water partition coefficient (Wildman–Crippen LogP) is 3.33. The van der Waals surface area contributed by atoms with Crippen molar-refractivity contribution in [3.05, 3.63) is 35.4 Å². The van der Waals surface area contributed by atoms with Crippen molar-refractivity contribution in [2.24, 2.45) is 4.99 Å². The minimum absolute atomic E-state index is 0. The zero-order valence-corrected chi connectivity index (χ0v) is 21.1. The number of hydrogen-bond donors (Lipinski definition) is 2. The summed E-state index contributed by atoms with van der Waals surface area (Å²) in [6.45, 7) is 7.87. The first-order valence-electron chi connectivity index (χ1n) is 11.0. The van der Waals surface area contributed by atoms with E-state index in [-0.39, 0.29) is 24.0 Å². The van der Waals surface area contributed by atoms with Gasteiger partial charge in [0.05, 0.1) is 13.7 Å². The summed E-state index contributed by atoms with van der Waals surface area (Å²) < 4.78 is 13.2. The van der Waals surface area contributed by atoms with Crippen LogP contribution in [0.2, 0.25) is 0 Å². The van der Waals surface area contributed by atoms with E-state index in [1.807, 2.05) is 13.0 Å². The molecule has 1 aromatic carbocycles. The van der Waals surface area contributed by atoms with Gasteiger partial charge in [-0.15, -0.1) is 34.2 Å². The molecule has 0 saturated carbocycles. The maximum atomic E-state index is 5.67. The van der Waals surface area contributed by atoms with Crippen LogP contribution in [0.25, 0.3) is 0 Å². The van der Waals surface area contributed by atoms with E-state index in [0.717, 1.165) is 68.0 Å². The monoisotopic (exact) mass is 542 g/mol. The average molecular weight is 542 g/mol. The lowest BCUT2D eigenvalue weighted by molar-refractivity contribution is 0.310. The van der Waals surface area contributed by atoms with Crippen LogP contribution in [0.3, 0.4) is 0 Å². The number of ether oxygens (including phenoxy) is 2. The van der Waals surface area contributed by atoms with Crippen LogP contribution in [0.4, 0.5) is 0 Å². The van der Waals surface area contributed by atoms with E-state index < -0.39 is 0 Å². The maximum Gasteiger partial charge on any atom is 0.191 e. The number of methoxy groups -OCH3 is 1. The van der Waals surface area contributed by atoms with Gasteiger partial charge in [0, 0.05) is 26.1 Å². The maximum absolute atomic E-state index is 5.67. The van der Waals surface area contributed by atoms with Gasteiger partial charge in [-0.05, 0) is 57.2 Å². The molecule has 1 aliphatic heterocycles. The van der Waals surface area contributed by atoms with E-state index in [1.165, 1.54) is 18.4 Å².